The van der Waals surface area contributed by atoms with Crippen LogP contribution in [-0.4, -0.2) is 41.4 Å². The van der Waals surface area contributed by atoms with Gasteiger partial charge in [-0.2, -0.15) is 11.8 Å². The Balaban J connectivity index is 4.01. The maximum absolute atomic E-state index is 11.5. The second kappa shape index (κ2) is 6.21. The summed E-state index contributed by atoms with van der Waals surface area (Å²) in [7, 11) is 1.77. The van der Waals surface area contributed by atoms with E-state index in [4.69, 9.17) is 18.0 Å². The summed E-state index contributed by atoms with van der Waals surface area (Å²) in [6, 6.07) is 0. The lowest BCUT2D eigenvalue weighted by atomic mass is 10.1. The second-order valence-corrected chi connectivity index (χ2v) is 4.33. The number of hydrogen-bond acceptors (Lipinski definition) is 3. The van der Waals surface area contributed by atoms with Gasteiger partial charge in [-0.05, 0) is 13.2 Å². The zero-order valence-electron chi connectivity index (χ0n) is 8.24. The summed E-state index contributed by atoms with van der Waals surface area (Å²) in [5.74, 6) is 0.593. The Labute approximate surface area is 89.0 Å². The summed E-state index contributed by atoms with van der Waals surface area (Å²) in [6.45, 7) is 2.48. The predicted molar refractivity (Wildman–Crippen MR) is 62.0 cm³/mol. The highest BCUT2D eigenvalue weighted by Gasteiger charge is 2.18. The molecule has 0 spiro atoms. The molecule has 0 heterocycles. The van der Waals surface area contributed by atoms with Gasteiger partial charge in [0.1, 0.15) is 0 Å². The smallest absolute Gasteiger partial charge is 0.231 e. The van der Waals surface area contributed by atoms with Gasteiger partial charge in [0.2, 0.25) is 5.91 Å². The highest BCUT2D eigenvalue weighted by atomic mass is 32.2. The van der Waals surface area contributed by atoms with Crippen molar-refractivity contribution in [2.75, 3.05) is 25.6 Å². The van der Waals surface area contributed by atoms with Crippen molar-refractivity contribution in [2.24, 2.45) is 11.7 Å². The molecule has 5 heteroatoms. The second-order valence-electron chi connectivity index (χ2n) is 2.88. The van der Waals surface area contributed by atoms with E-state index in [0.717, 1.165) is 12.3 Å². The first-order valence-corrected chi connectivity index (χ1v) is 5.84. The minimum Gasteiger partial charge on any atom is -0.393 e. The van der Waals surface area contributed by atoms with Gasteiger partial charge in [-0.1, -0.05) is 12.2 Å². The molecule has 13 heavy (non-hydrogen) atoms. The van der Waals surface area contributed by atoms with Gasteiger partial charge in [0.05, 0.1) is 10.9 Å². The zero-order valence-corrected chi connectivity index (χ0v) is 9.87. The molecule has 0 fully saturated rings. The van der Waals surface area contributed by atoms with E-state index in [1.54, 1.807) is 30.6 Å². The van der Waals surface area contributed by atoms with Crippen LogP contribution in [0.4, 0.5) is 0 Å². The molecule has 0 saturated heterocycles. The molecule has 0 aromatic rings. The van der Waals surface area contributed by atoms with Crippen LogP contribution in [0.1, 0.15) is 6.92 Å². The van der Waals surface area contributed by atoms with Crippen molar-refractivity contribution in [1.29, 1.82) is 0 Å². The average Bonchev–Trinajstić information content (AvgIpc) is 2.11. The van der Waals surface area contributed by atoms with E-state index in [9.17, 15) is 4.79 Å². The first kappa shape index (κ1) is 12.7. The molecule has 0 aliphatic carbocycles. The van der Waals surface area contributed by atoms with Gasteiger partial charge in [-0.25, -0.2) is 0 Å². The number of hydrogen-bond donors (Lipinski definition) is 1. The van der Waals surface area contributed by atoms with Crippen LogP contribution in [0.3, 0.4) is 0 Å². The summed E-state index contributed by atoms with van der Waals surface area (Å²) >= 11 is 6.46. The predicted octanol–water partition coefficient (Wildman–Crippen LogP) is 0.730. The summed E-state index contributed by atoms with van der Waals surface area (Å²) < 4.78 is 0. The van der Waals surface area contributed by atoms with E-state index in [1.165, 1.54) is 0 Å². The van der Waals surface area contributed by atoms with Crippen molar-refractivity contribution in [3.63, 3.8) is 0 Å². The number of rotatable bonds is 5. The van der Waals surface area contributed by atoms with Gasteiger partial charge < -0.3 is 10.6 Å². The van der Waals surface area contributed by atoms with Crippen molar-refractivity contribution < 1.29 is 4.79 Å². The van der Waals surface area contributed by atoms with Crippen molar-refractivity contribution in [2.45, 2.75) is 6.92 Å². The van der Waals surface area contributed by atoms with Crippen molar-refractivity contribution in [3.8, 4) is 0 Å². The molecular weight excluding hydrogens is 204 g/mol. The minimum absolute atomic E-state index is 0.00144. The summed E-state index contributed by atoms with van der Waals surface area (Å²) in [4.78, 5) is 13.5. The van der Waals surface area contributed by atoms with E-state index in [0.29, 0.717) is 0 Å². The number of nitrogens with zero attached hydrogens (tertiary/aromatic N) is 1. The van der Waals surface area contributed by atoms with E-state index in [2.05, 4.69) is 0 Å². The van der Waals surface area contributed by atoms with Gasteiger partial charge in [0, 0.05) is 19.3 Å². The third kappa shape index (κ3) is 4.47. The SMILES string of the molecule is CSCCN(C)C(=O)C(C)C(N)=S. The van der Waals surface area contributed by atoms with Crippen molar-refractivity contribution in [3.05, 3.63) is 0 Å². The average molecular weight is 220 g/mol. The number of carbonyl (C=O) groups is 1. The van der Waals surface area contributed by atoms with Crippen LogP contribution < -0.4 is 5.73 Å². The van der Waals surface area contributed by atoms with Crippen LogP contribution in [0.15, 0.2) is 0 Å². The lowest BCUT2D eigenvalue weighted by Crippen LogP contribution is -2.38. The highest BCUT2D eigenvalue weighted by molar-refractivity contribution is 7.98. The highest BCUT2D eigenvalue weighted by Crippen LogP contribution is 2.02. The number of thiocarbonyl (C=S) groups is 1. The molecule has 0 aromatic carbocycles. The molecule has 0 saturated carbocycles. The van der Waals surface area contributed by atoms with Gasteiger partial charge in [0.25, 0.3) is 0 Å². The number of amides is 1. The molecule has 1 unspecified atom stereocenters. The Morgan fingerprint density at radius 2 is 2.23 bits per heavy atom. The third-order valence-corrected chi connectivity index (χ3v) is 2.75. The molecule has 0 bridgehead atoms. The number of thioether (sulfide) groups is 1. The first-order chi connectivity index (χ1) is 6.00. The van der Waals surface area contributed by atoms with Crippen LogP contribution in [-0.2, 0) is 4.79 Å². The fourth-order valence-electron chi connectivity index (χ4n) is 0.791. The lowest BCUT2D eigenvalue weighted by Gasteiger charge is -2.20. The molecule has 0 aliphatic heterocycles. The Kier molecular flexibility index (Phi) is 6.07. The lowest BCUT2D eigenvalue weighted by molar-refractivity contribution is -0.131. The molecule has 76 valence electrons. The Morgan fingerprint density at radius 3 is 2.62 bits per heavy atom. The molecular formula is C8H16N2OS2. The quantitative estimate of drug-likeness (QED) is 0.694. The maximum atomic E-state index is 11.5. The Morgan fingerprint density at radius 1 is 1.69 bits per heavy atom. The Bertz CT molecular complexity index is 197. The summed E-state index contributed by atoms with van der Waals surface area (Å²) in [5, 5.41) is 0. The summed E-state index contributed by atoms with van der Waals surface area (Å²) in [6.07, 6.45) is 2.01. The third-order valence-electron chi connectivity index (χ3n) is 1.80. The summed E-state index contributed by atoms with van der Waals surface area (Å²) in [5.41, 5.74) is 5.38. The molecule has 0 rings (SSSR count). The molecule has 0 radical (unpaired) electrons. The monoisotopic (exact) mass is 220 g/mol. The topological polar surface area (TPSA) is 46.3 Å². The largest absolute Gasteiger partial charge is 0.393 e. The fraction of sp³-hybridized carbons (Fsp3) is 0.750. The molecule has 3 nitrogen and oxygen atoms in total. The van der Waals surface area contributed by atoms with Gasteiger partial charge in [0.15, 0.2) is 0 Å². The van der Waals surface area contributed by atoms with Gasteiger partial charge in [-0.3, -0.25) is 4.79 Å². The first-order valence-electron chi connectivity index (χ1n) is 4.04. The van der Waals surface area contributed by atoms with E-state index in [1.807, 2.05) is 6.26 Å². The minimum atomic E-state index is -0.346. The number of nitrogens with two attached hydrogens (primary N) is 1. The number of carbonyl (C=O) groups excluding carboxylic acids is 1. The van der Waals surface area contributed by atoms with E-state index >= 15 is 0 Å². The van der Waals surface area contributed by atoms with Crippen LogP contribution in [0.5, 0.6) is 0 Å². The van der Waals surface area contributed by atoms with Gasteiger partial charge >= 0.3 is 0 Å². The zero-order chi connectivity index (χ0) is 10.4. The van der Waals surface area contributed by atoms with E-state index in [-0.39, 0.29) is 16.8 Å². The molecule has 1 amide bonds. The molecule has 0 aromatic heterocycles. The van der Waals surface area contributed by atoms with Crippen LogP contribution in [0.25, 0.3) is 0 Å². The van der Waals surface area contributed by atoms with Crippen LogP contribution in [0, 0.1) is 5.92 Å². The molecule has 0 aliphatic rings. The van der Waals surface area contributed by atoms with Gasteiger partial charge in [-0.15, -0.1) is 0 Å². The Hall–Kier alpha value is -0.290. The molecule has 1 atom stereocenters. The van der Waals surface area contributed by atoms with Crippen LogP contribution in [0.2, 0.25) is 0 Å². The maximum Gasteiger partial charge on any atom is 0.231 e. The van der Waals surface area contributed by atoms with Crippen LogP contribution >= 0.6 is 24.0 Å². The van der Waals surface area contributed by atoms with E-state index < -0.39 is 0 Å². The normalized spacial score (nSPS) is 12.2. The van der Waals surface area contributed by atoms with Crippen molar-refractivity contribution in [1.82, 2.24) is 4.90 Å². The molecule has 2 N–H and O–H groups in total. The standard InChI is InChI=1S/C8H16N2OS2/c1-6(7(9)12)8(11)10(2)4-5-13-3/h6H,4-5H2,1-3H3,(H2,9,12). The van der Waals surface area contributed by atoms with Crippen molar-refractivity contribution >= 4 is 34.9 Å². The fourth-order valence-corrected chi connectivity index (χ4v) is 1.35.